The first-order chi connectivity index (χ1) is 11.3. The molecule has 0 atom stereocenters. The van der Waals surface area contributed by atoms with Gasteiger partial charge in [0.25, 0.3) is 5.69 Å². The van der Waals surface area contributed by atoms with Crippen molar-refractivity contribution in [3.05, 3.63) is 63.2 Å². The molecule has 0 aliphatic carbocycles. The van der Waals surface area contributed by atoms with Crippen molar-refractivity contribution in [1.82, 2.24) is 0 Å². The minimum Gasteiger partial charge on any atom is -0.496 e. The molecule has 2 rings (SSSR count). The molecule has 0 amide bonds. The molecule has 0 fully saturated rings. The van der Waals surface area contributed by atoms with Gasteiger partial charge in [0.15, 0.2) is 5.78 Å². The number of nitro benzene ring substituents is 1. The third-order valence-corrected chi connectivity index (χ3v) is 3.83. The zero-order chi connectivity index (χ0) is 17.9. The largest absolute Gasteiger partial charge is 0.496 e. The van der Waals surface area contributed by atoms with Crippen LogP contribution in [0, 0.1) is 17.0 Å². The number of benzene rings is 2. The maximum Gasteiger partial charge on any atom is 0.293 e. The lowest BCUT2D eigenvalue weighted by Gasteiger charge is -2.21. The van der Waals surface area contributed by atoms with Gasteiger partial charge in [-0.2, -0.15) is 0 Å². The molecular weight excluding hydrogens is 308 g/mol. The molecule has 0 aliphatic heterocycles. The summed E-state index contributed by atoms with van der Waals surface area (Å²) in [5.41, 5.74) is 2.71. The van der Waals surface area contributed by atoms with Gasteiger partial charge in [0.05, 0.1) is 12.0 Å². The van der Waals surface area contributed by atoms with Crippen molar-refractivity contribution < 1.29 is 14.5 Å². The molecule has 0 aliphatic rings. The van der Waals surface area contributed by atoms with Crippen LogP contribution in [-0.4, -0.2) is 24.9 Å². The lowest BCUT2D eigenvalue weighted by molar-refractivity contribution is -0.384. The van der Waals surface area contributed by atoms with Crippen LogP contribution in [0.3, 0.4) is 0 Å². The molecule has 126 valence electrons. The Morgan fingerprint density at radius 1 is 1.25 bits per heavy atom. The van der Waals surface area contributed by atoms with E-state index in [2.05, 4.69) is 0 Å². The summed E-state index contributed by atoms with van der Waals surface area (Å²) in [6.45, 7) is 3.82. The average Bonchev–Trinajstić information content (AvgIpc) is 2.54. The van der Waals surface area contributed by atoms with Crippen LogP contribution >= 0.6 is 0 Å². The van der Waals surface area contributed by atoms with E-state index in [4.69, 9.17) is 4.74 Å². The fraction of sp³-hybridized carbons (Fsp3) is 0.278. The second-order valence-corrected chi connectivity index (χ2v) is 5.69. The number of aryl methyl sites for hydroxylation is 1. The van der Waals surface area contributed by atoms with Crippen molar-refractivity contribution in [3.8, 4) is 5.75 Å². The van der Waals surface area contributed by atoms with E-state index in [0.29, 0.717) is 17.8 Å². The summed E-state index contributed by atoms with van der Waals surface area (Å²) in [4.78, 5) is 24.1. The number of methoxy groups -OCH3 is 1. The van der Waals surface area contributed by atoms with E-state index in [1.54, 1.807) is 31.2 Å². The van der Waals surface area contributed by atoms with Crippen molar-refractivity contribution in [2.45, 2.75) is 20.4 Å². The molecule has 0 saturated carbocycles. The molecular formula is C18H20N2O4. The molecule has 6 nitrogen and oxygen atoms in total. The highest BCUT2D eigenvalue weighted by atomic mass is 16.6. The third-order valence-electron chi connectivity index (χ3n) is 3.83. The summed E-state index contributed by atoms with van der Waals surface area (Å²) in [7, 11) is 3.37. The van der Waals surface area contributed by atoms with Gasteiger partial charge in [0.1, 0.15) is 11.4 Å². The lowest BCUT2D eigenvalue weighted by Crippen LogP contribution is -2.18. The zero-order valence-electron chi connectivity index (χ0n) is 14.2. The summed E-state index contributed by atoms with van der Waals surface area (Å²) in [5.74, 6) is 0.531. The van der Waals surface area contributed by atoms with Crippen LogP contribution in [0.1, 0.15) is 28.4 Å². The second-order valence-electron chi connectivity index (χ2n) is 5.69. The van der Waals surface area contributed by atoms with Gasteiger partial charge in [-0.15, -0.1) is 0 Å². The molecule has 0 bridgehead atoms. The molecule has 0 N–H and O–H groups in total. The molecule has 6 heteroatoms. The maximum atomic E-state index is 11.5. The molecule has 0 heterocycles. The Kier molecular flexibility index (Phi) is 5.18. The first-order valence-corrected chi connectivity index (χ1v) is 7.47. The Morgan fingerprint density at radius 3 is 2.54 bits per heavy atom. The molecule has 0 spiro atoms. The van der Waals surface area contributed by atoms with Crippen LogP contribution in [0.4, 0.5) is 11.4 Å². The van der Waals surface area contributed by atoms with Gasteiger partial charge in [-0.25, -0.2) is 0 Å². The number of carbonyl (C=O) groups is 1. The van der Waals surface area contributed by atoms with Crippen LogP contribution in [0.15, 0.2) is 36.4 Å². The minimum absolute atomic E-state index is 0.0863. The number of rotatable bonds is 6. The Labute approximate surface area is 140 Å². The van der Waals surface area contributed by atoms with Gasteiger partial charge in [0.2, 0.25) is 0 Å². The number of carbonyl (C=O) groups excluding carboxylic acids is 1. The van der Waals surface area contributed by atoms with Crippen LogP contribution < -0.4 is 9.64 Å². The standard InChI is InChI=1S/C18H20N2O4/c1-12-5-8-18(24-4)15(9-12)11-19(3)16-7-6-14(13(2)21)10-17(16)20(22)23/h5-10H,11H2,1-4H3. The molecule has 2 aromatic rings. The average molecular weight is 328 g/mol. The number of Topliss-reactive ketones (excluding diaryl/α,β-unsaturated/α-hetero) is 1. The first-order valence-electron chi connectivity index (χ1n) is 7.47. The predicted octanol–water partition coefficient (Wildman–Crippen LogP) is 3.75. The Morgan fingerprint density at radius 2 is 1.96 bits per heavy atom. The number of hydrogen-bond acceptors (Lipinski definition) is 5. The first kappa shape index (κ1) is 17.5. The highest BCUT2D eigenvalue weighted by Crippen LogP contribution is 2.31. The van der Waals surface area contributed by atoms with Crippen LogP contribution in [-0.2, 0) is 6.54 Å². The van der Waals surface area contributed by atoms with E-state index < -0.39 is 4.92 Å². The Hall–Kier alpha value is -2.89. The van der Waals surface area contributed by atoms with Gasteiger partial charge in [-0.3, -0.25) is 14.9 Å². The maximum absolute atomic E-state index is 11.5. The highest BCUT2D eigenvalue weighted by molar-refractivity contribution is 5.95. The molecule has 0 unspecified atom stereocenters. The monoisotopic (exact) mass is 328 g/mol. The van der Waals surface area contributed by atoms with Gasteiger partial charge < -0.3 is 9.64 Å². The number of ether oxygens (including phenoxy) is 1. The van der Waals surface area contributed by atoms with Crippen molar-refractivity contribution in [3.63, 3.8) is 0 Å². The Bertz CT molecular complexity index is 787. The van der Waals surface area contributed by atoms with Crippen molar-refractivity contribution in [1.29, 1.82) is 0 Å². The minimum atomic E-state index is -0.467. The van der Waals surface area contributed by atoms with Crippen molar-refractivity contribution >= 4 is 17.2 Å². The number of ketones is 1. The summed E-state index contributed by atoms with van der Waals surface area (Å²) < 4.78 is 5.36. The van der Waals surface area contributed by atoms with Gasteiger partial charge in [-0.1, -0.05) is 17.7 Å². The fourth-order valence-corrected chi connectivity index (χ4v) is 2.58. The van der Waals surface area contributed by atoms with E-state index in [1.165, 1.54) is 13.0 Å². The molecule has 0 saturated heterocycles. The number of anilines is 1. The van der Waals surface area contributed by atoms with E-state index in [-0.39, 0.29) is 11.5 Å². The van der Waals surface area contributed by atoms with Gasteiger partial charge >= 0.3 is 0 Å². The third kappa shape index (κ3) is 3.71. The van der Waals surface area contributed by atoms with Crippen molar-refractivity contribution in [2.75, 3.05) is 19.1 Å². The normalized spacial score (nSPS) is 10.3. The number of hydrogen-bond donors (Lipinski definition) is 0. The summed E-state index contributed by atoms with van der Waals surface area (Å²) in [5, 5.41) is 11.4. The number of nitrogens with zero attached hydrogens (tertiary/aromatic N) is 2. The molecule has 2 aromatic carbocycles. The summed E-state index contributed by atoms with van der Waals surface area (Å²) in [6.07, 6.45) is 0. The second kappa shape index (κ2) is 7.12. The SMILES string of the molecule is COc1ccc(C)cc1CN(C)c1ccc(C(C)=O)cc1[N+](=O)[O-]. The van der Waals surface area contributed by atoms with Crippen LogP contribution in [0.2, 0.25) is 0 Å². The molecule has 0 aromatic heterocycles. The number of nitro groups is 1. The predicted molar refractivity (Wildman–Crippen MR) is 92.9 cm³/mol. The highest BCUT2D eigenvalue weighted by Gasteiger charge is 2.20. The smallest absolute Gasteiger partial charge is 0.293 e. The zero-order valence-corrected chi connectivity index (χ0v) is 14.2. The van der Waals surface area contributed by atoms with Crippen LogP contribution in [0.5, 0.6) is 5.75 Å². The van der Waals surface area contributed by atoms with E-state index in [1.807, 2.05) is 25.1 Å². The van der Waals surface area contributed by atoms with E-state index >= 15 is 0 Å². The summed E-state index contributed by atoms with van der Waals surface area (Å²) >= 11 is 0. The fourth-order valence-electron chi connectivity index (χ4n) is 2.58. The molecule has 0 radical (unpaired) electrons. The van der Waals surface area contributed by atoms with E-state index in [0.717, 1.165) is 16.9 Å². The van der Waals surface area contributed by atoms with Crippen LogP contribution in [0.25, 0.3) is 0 Å². The molecule has 24 heavy (non-hydrogen) atoms. The van der Waals surface area contributed by atoms with Crippen molar-refractivity contribution in [2.24, 2.45) is 0 Å². The van der Waals surface area contributed by atoms with E-state index in [9.17, 15) is 14.9 Å². The topological polar surface area (TPSA) is 72.7 Å². The summed E-state index contributed by atoms with van der Waals surface area (Å²) in [6, 6.07) is 10.4. The lowest BCUT2D eigenvalue weighted by atomic mass is 10.1. The van der Waals surface area contributed by atoms with Gasteiger partial charge in [0, 0.05) is 30.8 Å². The van der Waals surface area contributed by atoms with Gasteiger partial charge in [-0.05, 0) is 32.0 Å². The quantitative estimate of drug-likeness (QED) is 0.459. The Balaban J connectivity index is 2.39.